The van der Waals surface area contributed by atoms with Gasteiger partial charge in [0.05, 0.1) is 18.3 Å². The third-order valence-corrected chi connectivity index (χ3v) is 4.14. The molecular formula is C14H26ClN3OS. The first-order valence-corrected chi connectivity index (χ1v) is 7.61. The van der Waals surface area contributed by atoms with Crippen LogP contribution in [0, 0.1) is 5.92 Å². The molecule has 0 saturated carbocycles. The summed E-state index contributed by atoms with van der Waals surface area (Å²) in [5.74, 6) is 0.100. The molecule has 0 aromatic carbocycles. The van der Waals surface area contributed by atoms with Gasteiger partial charge in [0.2, 0.25) is 5.91 Å². The van der Waals surface area contributed by atoms with E-state index in [1.807, 2.05) is 13.8 Å². The van der Waals surface area contributed by atoms with Crippen molar-refractivity contribution in [2.75, 3.05) is 0 Å². The molecule has 0 bridgehead atoms. The van der Waals surface area contributed by atoms with Crippen molar-refractivity contribution < 1.29 is 4.79 Å². The molecular weight excluding hydrogens is 294 g/mol. The molecule has 116 valence electrons. The zero-order chi connectivity index (χ0) is 14.6. The molecule has 0 saturated heterocycles. The highest BCUT2D eigenvalue weighted by Gasteiger charge is 2.20. The van der Waals surface area contributed by atoms with Crippen LogP contribution in [0.4, 0.5) is 0 Å². The number of aromatic nitrogens is 1. The second-order valence-corrected chi connectivity index (χ2v) is 6.95. The standard InChI is InChI=1S/C14H25N3OS.ClH/c1-6-9(2)12(15)13(18)16-7-11-17-10(8-19-11)14(3,4)5;/h8-9,12H,6-7,15H2,1-5H3,(H,16,18);1H. The van der Waals surface area contributed by atoms with Gasteiger partial charge in [-0.25, -0.2) is 4.98 Å². The Morgan fingerprint density at radius 3 is 2.55 bits per heavy atom. The molecule has 2 atom stereocenters. The normalized spacial score (nSPS) is 14.3. The van der Waals surface area contributed by atoms with Crippen LogP contribution in [0.1, 0.15) is 51.7 Å². The smallest absolute Gasteiger partial charge is 0.237 e. The Morgan fingerprint density at radius 1 is 1.50 bits per heavy atom. The van der Waals surface area contributed by atoms with Crippen LogP contribution in [0.5, 0.6) is 0 Å². The van der Waals surface area contributed by atoms with Gasteiger partial charge in [0.25, 0.3) is 0 Å². The van der Waals surface area contributed by atoms with Crippen LogP contribution < -0.4 is 11.1 Å². The lowest BCUT2D eigenvalue weighted by molar-refractivity contribution is -0.123. The van der Waals surface area contributed by atoms with Crippen LogP contribution >= 0.6 is 23.7 Å². The summed E-state index contributed by atoms with van der Waals surface area (Å²) in [5.41, 5.74) is 6.99. The van der Waals surface area contributed by atoms with Crippen LogP contribution in [0.3, 0.4) is 0 Å². The monoisotopic (exact) mass is 319 g/mol. The Bertz CT molecular complexity index is 428. The van der Waals surface area contributed by atoms with Crippen LogP contribution in [-0.4, -0.2) is 16.9 Å². The van der Waals surface area contributed by atoms with Gasteiger partial charge in [0.15, 0.2) is 0 Å². The van der Waals surface area contributed by atoms with E-state index in [1.165, 1.54) is 0 Å². The van der Waals surface area contributed by atoms with E-state index in [9.17, 15) is 4.79 Å². The molecule has 1 heterocycles. The second kappa shape index (κ2) is 7.96. The molecule has 0 fully saturated rings. The Labute approximate surface area is 132 Å². The number of rotatable bonds is 5. The number of nitrogens with one attached hydrogen (secondary N) is 1. The largest absolute Gasteiger partial charge is 0.348 e. The maximum atomic E-state index is 11.9. The lowest BCUT2D eigenvalue weighted by Gasteiger charge is -2.17. The predicted molar refractivity (Wildman–Crippen MR) is 87.3 cm³/mol. The van der Waals surface area contributed by atoms with Gasteiger partial charge in [-0.1, -0.05) is 41.0 Å². The number of thiazole rings is 1. The fourth-order valence-corrected chi connectivity index (χ4v) is 2.49. The van der Waals surface area contributed by atoms with Crippen LogP contribution in [0.2, 0.25) is 0 Å². The molecule has 4 nitrogen and oxygen atoms in total. The van der Waals surface area contributed by atoms with E-state index in [0.29, 0.717) is 6.54 Å². The molecule has 0 aliphatic rings. The Morgan fingerprint density at radius 2 is 2.10 bits per heavy atom. The first-order valence-electron chi connectivity index (χ1n) is 6.73. The molecule has 2 unspecified atom stereocenters. The summed E-state index contributed by atoms with van der Waals surface area (Å²) in [4.78, 5) is 16.4. The summed E-state index contributed by atoms with van der Waals surface area (Å²) in [6, 6.07) is -0.438. The number of nitrogens with two attached hydrogens (primary N) is 1. The van der Waals surface area contributed by atoms with Crippen LogP contribution in [-0.2, 0) is 16.8 Å². The minimum absolute atomic E-state index is 0. The van der Waals surface area contributed by atoms with Gasteiger partial charge in [-0.15, -0.1) is 23.7 Å². The summed E-state index contributed by atoms with van der Waals surface area (Å²) >= 11 is 1.58. The number of carbonyl (C=O) groups is 1. The zero-order valence-corrected chi connectivity index (χ0v) is 14.5. The molecule has 6 heteroatoms. The van der Waals surface area contributed by atoms with Crippen molar-refractivity contribution in [2.24, 2.45) is 11.7 Å². The van der Waals surface area contributed by atoms with E-state index >= 15 is 0 Å². The van der Waals surface area contributed by atoms with Gasteiger partial charge >= 0.3 is 0 Å². The summed E-state index contributed by atoms with van der Waals surface area (Å²) in [6.45, 7) is 10.9. The first-order chi connectivity index (χ1) is 8.75. The fourth-order valence-electron chi connectivity index (χ4n) is 1.53. The van der Waals surface area contributed by atoms with Gasteiger partial charge in [0, 0.05) is 10.8 Å². The third kappa shape index (κ3) is 5.38. The van der Waals surface area contributed by atoms with Gasteiger partial charge in [-0.2, -0.15) is 0 Å². The van der Waals surface area contributed by atoms with Crippen molar-refractivity contribution in [2.45, 2.75) is 59.0 Å². The molecule has 1 aromatic heterocycles. The van der Waals surface area contributed by atoms with E-state index in [1.54, 1.807) is 11.3 Å². The van der Waals surface area contributed by atoms with Crippen molar-refractivity contribution in [3.8, 4) is 0 Å². The number of hydrogen-bond acceptors (Lipinski definition) is 4. The number of amides is 1. The maximum Gasteiger partial charge on any atom is 0.237 e. The minimum Gasteiger partial charge on any atom is -0.348 e. The van der Waals surface area contributed by atoms with E-state index in [2.05, 4.69) is 36.5 Å². The molecule has 20 heavy (non-hydrogen) atoms. The summed E-state index contributed by atoms with van der Waals surface area (Å²) in [6.07, 6.45) is 0.903. The highest BCUT2D eigenvalue weighted by atomic mass is 35.5. The average molecular weight is 320 g/mol. The molecule has 0 radical (unpaired) electrons. The molecule has 0 spiro atoms. The molecule has 1 amide bonds. The number of halogens is 1. The van der Waals surface area contributed by atoms with Gasteiger partial charge < -0.3 is 11.1 Å². The fraction of sp³-hybridized carbons (Fsp3) is 0.714. The highest BCUT2D eigenvalue weighted by molar-refractivity contribution is 7.09. The Hall–Kier alpha value is -0.650. The summed E-state index contributed by atoms with van der Waals surface area (Å²) < 4.78 is 0. The van der Waals surface area contributed by atoms with E-state index < -0.39 is 6.04 Å². The molecule has 0 aliphatic carbocycles. The Kier molecular flexibility index (Phi) is 7.70. The van der Waals surface area contributed by atoms with Gasteiger partial charge in [-0.05, 0) is 5.92 Å². The lowest BCUT2D eigenvalue weighted by Crippen LogP contribution is -2.44. The van der Waals surface area contributed by atoms with Crippen LogP contribution in [0.15, 0.2) is 5.38 Å². The average Bonchev–Trinajstić information content (AvgIpc) is 2.82. The van der Waals surface area contributed by atoms with E-state index in [0.717, 1.165) is 17.1 Å². The van der Waals surface area contributed by atoms with Crippen molar-refractivity contribution in [3.05, 3.63) is 16.1 Å². The summed E-state index contributed by atoms with van der Waals surface area (Å²) in [7, 11) is 0. The highest BCUT2D eigenvalue weighted by Crippen LogP contribution is 2.23. The van der Waals surface area contributed by atoms with Crippen molar-refractivity contribution in [1.82, 2.24) is 10.3 Å². The second-order valence-electron chi connectivity index (χ2n) is 6.01. The number of carbonyl (C=O) groups excluding carboxylic acids is 1. The van der Waals surface area contributed by atoms with E-state index in [4.69, 9.17) is 5.73 Å². The minimum atomic E-state index is -0.438. The van der Waals surface area contributed by atoms with Gasteiger partial charge in [0.1, 0.15) is 5.01 Å². The first kappa shape index (κ1) is 19.4. The van der Waals surface area contributed by atoms with Crippen molar-refractivity contribution in [1.29, 1.82) is 0 Å². The van der Waals surface area contributed by atoms with Gasteiger partial charge in [-0.3, -0.25) is 4.79 Å². The maximum absolute atomic E-state index is 11.9. The van der Waals surface area contributed by atoms with Crippen LogP contribution in [0.25, 0.3) is 0 Å². The topological polar surface area (TPSA) is 68.0 Å². The summed E-state index contributed by atoms with van der Waals surface area (Å²) in [5, 5.41) is 5.84. The quantitative estimate of drug-likeness (QED) is 0.877. The molecule has 1 aromatic rings. The number of hydrogen-bond donors (Lipinski definition) is 2. The Balaban J connectivity index is 0.00000361. The molecule has 1 rings (SSSR count). The zero-order valence-electron chi connectivity index (χ0n) is 12.9. The SMILES string of the molecule is CCC(C)C(N)C(=O)NCc1nc(C(C)(C)C)cs1.Cl. The van der Waals surface area contributed by atoms with Crippen molar-refractivity contribution in [3.63, 3.8) is 0 Å². The number of nitrogens with zero attached hydrogens (tertiary/aromatic N) is 1. The lowest BCUT2D eigenvalue weighted by atomic mass is 9.93. The third-order valence-electron chi connectivity index (χ3n) is 3.29. The molecule has 0 aliphatic heterocycles. The predicted octanol–water partition coefficient (Wildman–Crippen LogP) is 2.85. The molecule has 3 N–H and O–H groups in total. The van der Waals surface area contributed by atoms with Crippen molar-refractivity contribution >= 4 is 29.7 Å². The van der Waals surface area contributed by atoms with E-state index in [-0.39, 0.29) is 29.6 Å².